The Balaban J connectivity index is 1.64. The monoisotopic (exact) mass is 336 g/mol. The van der Waals surface area contributed by atoms with Gasteiger partial charge in [0, 0.05) is 5.02 Å². The molecule has 1 aromatic heterocycles. The Bertz CT molecular complexity index is 837. The fraction of sp³-hybridized carbons (Fsp3) is 0.0667. The van der Waals surface area contributed by atoms with Crippen LogP contribution in [-0.2, 0) is 4.79 Å². The lowest BCUT2D eigenvalue weighted by Gasteiger charge is -2.05. The first-order valence-electron chi connectivity index (χ1n) is 6.35. The quantitative estimate of drug-likeness (QED) is 0.780. The maximum Gasteiger partial charge on any atom is 0.264 e. The van der Waals surface area contributed by atoms with Gasteiger partial charge in [0.25, 0.3) is 5.91 Å². The van der Waals surface area contributed by atoms with E-state index in [0.29, 0.717) is 20.6 Å². The molecule has 0 aliphatic rings. The van der Waals surface area contributed by atoms with Crippen molar-refractivity contribution in [1.29, 1.82) is 0 Å². The summed E-state index contributed by atoms with van der Waals surface area (Å²) >= 11 is 7.03. The summed E-state index contributed by atoms with van der Waals surface area (Å²) in [5.41, 5.74) is 0.249. The lowest BCUT2D eigenvalue weighted by Crippen LogP contribution is -2.19. The minimum absolute atomic E-state index is 0.182. The zero-order valence-electron chi connectivity index (χ0n) is 11.2. The number of fused-ring (bicyclic) bond motifs is 1. The summed E-state index contributed by atoms with van der Waals surface area (Å²) < 4.78 is 19.5. The number of para-hydroxylation sites is 1. The largest absolute Gasteiger partial charge is 0.484 e. The van der Waals surface area contributed by atoms with Crippen LogP contribution in [-0.4, -0.2) is 17.5 Å². The second-order valence-electron chi connectivity index (χ2n) is 4.40. The van der Waals surface area contributed by atoms with Gasteiger partial charge in [-0.15, -0.1) is 0 Å². The molecule has 0 aliphatic heterocycles. The topological polar surface area (TPSA) is 51.2 Å². The Labute approximate surface area is 134 Å². The summed E-state index contributed by atoms with van der Waals surface area (Å²) in [4.78, 5) is 15.9. The summed E-state index contributed by atoms with van der Waals surface area (Å²) in [6.07, 6.45) is 0. The highest BCUT2D eigenvalue weighted by molar-refractivity contribution is 7.22. The first-order chi connectivity index (χ1) is 10.6. The number of amides is 1. The fourth-order valence-corrected chi connectivity index (χ4v) is 2.91. The lowest BCUT2D eigenvalue weighted by molar-refractivity contribution is -0.118. The molecule has 1 amide bonds. The maximum absolute atomic E-state index is 13.5. The van der Waals surface area contributed by atoms with Crippen molar-refractivity contribution in [2.75, 3.05) is 11.9 Å². The molecule has 2 aromatic carbocycles. The molecule has 4 nitrogen and oxygen atoms in total. The molecule has 0 saturated heterocycles. The number of hydrogen-bond acceptors (Lipinski definition) is 4. The number of rotatable bonds is 4. The molecule has 0 spiro atoms. The molecule has 112 valence electrons. The zero-order chi connectivity index (χ0) is 15.5. The highest BCUT2D eigenvalue weighted by atomic mass is 35.5. The van der Waals surface area contributed by atoms with Crippen molar-refractivity contribution in [3.05, 3.63) is 53.3 Å². The van der Waals surface area contributed by atoms with Crippen molar-refractivity contribution in [1.82, 2.24) is 4.98 Å². The lowest BCUT2D eigenvalue weighted by atomic mass is 10.3. The van der Waals surface area contributed by atoms with E-state index in [4.69, 9.17) is 16.3 Å². The van der Waals surface area contributed by atoms with Crippen LogP contribution in [0.4, 0.5) is 9.52 Å². The number of nitrogens with zero attached hydrogens (tertiary/aromatic N) is 1. The van der Waals surface area contributed by atoms with Crippen LogP contribution in [0.1, 0.15) is 0 Å². The molecule has 1 heterocycles. The van der Waals surface area contributed by atoms with Crippen LogP contribution in [0.2, 0.25) is 5.02 Å². The number of aromatic nitrogens is 1. The molecule has 0 bridgehead atoms. The summed E-state index contributed by atoms with van der Waals surface area (Å²) in [5.74, 6) is -0.290. The molecule has 3 aromatic rings. The van der Waals surface area contributed by atoms with E-state index in [0.717, 1.165) is 0 Å². The number of thiazole rings is 1. The Morgan fingerprint density at radius 3 is 2.91 bits per heavy atom. The number of nitrogens with one attached hydrogen (secondary N) is 1. The summed E-state index contributed by atoms with van der Waals surface area (Å²) in [6.45, 7) is -0.182. The van der Waals surface area contributed by atoms with Gasteiger partial charge in [0.1, 0.15) is 17.1 Å². The first kappa shape index (κ1) is 14.7. The highest BCUT2D eigenvalue weighted by Gasteiger charge is 2.11. The van der Waals surface area contributed by atoms with Gasteiger partial charge in [-0.25, -0.2) is 9.37 Å². The zero-order valence-corrected chi connectivity index (χ0v) is 12.7. The van der Waals surface area contributed by atoms with Gasteiger partial charge >= 0.3 is 0 Å². The van der Waals surface area contributed by atoms with Gasteiger partial charge in [-0.1, -0.05) is 35.1 Å². The normalized spacial score (nSPS) is 10.6. The van der Waals surface area contributed by atoms with Crippen LogP contribution < -0.4 is 10.1 Å². The molecule has 22 heavy (non-hydrogen) atoms. The predicted molar refractivity (Wildman–Crippen MR) is 85.2 cm³/mol. The Kier molecular flexibility index (Phi) is 4.22. The van der Waals surface area contributed by atoms with E-state index in [9.17, 15) is 9.18 Å². The van der Waals surface area contributed by atoms with Gasteiger partial charge in [-0.05, 0) is 30.3 Å². The number of hydrogen-bond donors (Lipinski definition) is 1. The van der Waals surface area contributed by atoms with Gasteiger partial charge in [-0.2, -0.15) is 0 Å². The summed E-state index contributed by atoms with van der Waals surface area (Å²) in [6, 6.07) is 11.4. The molecule has 0 aliphatic carbocycles. The number of halogens is 2. The predicted octanol–water partition coefficient (Wildman–Crippen LogP) is 4.11. The number of ether oxygens (including phenoxy) is 1. The third-order valence-corrected chi connectivity index (χ3v) is 3.95. The molecule has 0 unspecified atom stereocenters. The van der Waals surface area contributed by atoms with Crippen molar-refractivity contribution in [3.8, 4) is 5.75 Å². The third-order valence-electron chi connectivity index (χ3n) is 2.78. The van der Waals surface area contributed by atoms with E-state index in [2.05, 4.69) is 10.3 Å². The Morgan fingerprint density at radius 2 is 2.14 bits per heavy atom. The first-order valence-corrected chi connectivity index (χ1v) is 7.54. The summed E-state index contributed by atoms with van der Waals surface area (Å²) in [5, 5.41) is 3.45. The van der Waals surface area contributed by atoms with Crippen LogP contribution in [0.3, 0.4) is 0 Å². The molecule has 0 saturated carbocycles. The minimum atomic E-state index is -0.413. The van der Waals surface area contributed by atoms with E-state index in [1.165, 1.54) is 17.4 Å². The Morgan fingerprint density at radius 1 is 1.32 bits per heavy atom. The molecule has 3 rings (SSSR count). The van der Waals surface area contributed by atoms with Crippen LogP contribution in [0, 0.1) is 5.82 Å². The average Bonchev–Trinajstić information content (AvgIpc) is 2.89. The van der Waals surface area contributed by atoms with E-state index < -0.39 is 5.82 Å². The van der Waals surface area contributed by atoms with Crippen LogP contribution in [0.5, 0.6) is 5.75 Å². The number of carbonyl (C=O) groups is 1. The number of anilines is 1. The smallest absolute Gasteiger partial charge is 0.264 e. The minimum Gasteiger partial charge on any atom is -0.484 e. The van der Waals surface area contributed by atoms with Crippen LogP contribution in [0.25, 0.3) is 10.2 Å². The SMILES string of the molecule is O=C(COc1cccc(Cl)c1)Nc1nc2c(F)cccc2s1. The molecule has 0 radical (unpaired) electrons. The van der Waals surface area contributed by atoms with Crippen molar-refractivity contribution < 1.29 is 13.9 Å². The molecular formula is C15H10ClFN2O2S. The molecule has 1 N–H and O–H groups in total. The van der Waals surface area contributed by atoms with Crippen LogP contribution in [0.15, 0.2) is 42.5 Å². The number of benzene rings is 2. The van der Waals surface area contributed by atoms with Gasteiger partial charge in [0.2, 0.25) is 0 Å². The Hall–Kier alpha value is -2.18. The highest BCUT2D eigenvalue weighted by Crippen LogP contribution is 2.27. The van der Waals surface area contributed by atoms with Crippen molar-refractivity contribution in [2.24, 2.45) is 0 Å². The van der Waals surface area contributed by atoms with Crippen molar-refractivity contribution in [3.63, 3.8) is 0 Å². The van der Waals surface area contributed by atoms with Gasteiger partial charge in [0.15, 0.2) is 11.7 Å². The average molecular weight is 337 g/mol. The van der Waals surface area contributed by atoms with Gasteiger partial charge in [-0.3, -0.25) is 10.1 Å². The third kappa shape index (κ3) is 3.35. The van der Waals surface area contributed by atoms with Gasteiger partial charge < -0.3 is 4.74 Å². The van der Waals surface area contributed by atoms with Crippen molar-refractivity contribution in [2.45, 2.75) is 0 Å². The molecule has 0 fully saturated rings. The van der Waals surface area contributed by atoms with E-state index in [1.54, 1.807) is 36.4 Å². The second kappa shape index (κ2) is 6.29. The van der Waals surface area contributed by atoms with E-state index in [-0.39, 0.29) is 18.0 Å². The molecule has 7 heteroatoms. The maximum atomic E-state index is 13.5. The van der Waals surface area contributed by atoms with E-state index in [1.807, 2.05) is 0 Å². The number of carbonyl (C=O) groups excluding carboxylic acids is 1. The van der Waals surface area contributed by atoms with Gasteiger partial charge in [0.05, 0.1) is 4.70 Å². The van der Waals surface area contributed by atoms with Crippen molar-refractivity contribution >= 4 is 44.2 Å². The molecular weight excluding hydrogens is 327 g/mol. The second-order valence-corrected chi connectivity index (χ2v) is 5.87. The molecule has 0 atom stereocenters. The fourth-order valence-electron chi connectivity index (χ4n) is 1.83. The summed E-state index contributed by atoms with van der Waals surface area (Å²) in [7, 11) is 0. The van der Waals surface area contributed by atoms with Crippen LogP contribution >= 0.6 is 22.9 Å². The standard InChI is InChI=1S/C15H10ClFN2O2S/c16-9-3-1-4-10(7-9)21-8-13(20)18-15-19-14-11(17)5-2-6-12(14)22-15/h1-7H,8H2,(H,18,19,20). The van der Waals surface area contributed by atoms with E-state index >= 15 is 0 Å².